The summed E-state index contributed by atoms with van der Waals surface area (Å²) in [6.45, 7) is 0.112. The molecule has 0 atom stereocenters. The van der Waals surface area contributed by atoms with Crippen LogP contribution in [-0.4, -0.2) is 17.4 Å². The first-order valence-corrected chi connectivity index (χ1v) is 5.84. The minimum absolute atomic E-state index is 0.112. The highest BCUT2D eigenvalue weighted by Crippen LogP contribution is 2.27. The molecule has 1 heterocycles. The number of aromatic nitrogens is 1. The lowest BCUT2D eigenvalue weighted by Gasteiger charge is -1.95. The van der Waals surface area contributed by atoms with Gasteiger partial charge in [0, 0.05) is 4.47 Å². The molecule has 0 unspecified atom stereocenters. The van der Waals surface area contributed by atoms with E-state index in [1.165, 1.54) is 11.3 Å². The van der Waals surface area contributed by atoms with E-state index < -0.39 is 5.91 Å². The number of carbonyl (C=O) groups is 1. The van der Waals surface area contributed by atoms with Gasteiger partial charge in [-0.15, -0.1) is 0 Å². The second-order valence-electron chi connectivity index (χ2n) is 2.95. The maximum absolute atomic E-state index is 10.6. The largest absolute Gasteiger partial charge is 0.368 e. The van der Waals surface area contributed by atoms with E-state index in [0.717, 1.165) is 14.7 Å². The molecule has 2 rings (SSSR count). The van der Waals surface area contributed by atoms with Crippen LogP contribution in [0.3, 0.4) is 0 Å². The lowest BCUT2D eigenvalue weighted by Crippen LogP contribution is -2.21. The van der Waals surface area contributed by atoms with E-state index in [-0.39, 0.29) is 6.54 Å². The van der Waals surface area contributed by atoms with Gasteiger partial charge in [-0.3, -0.25) is 4.79 Å². The van der Waals surface area contributed by atoms with Crippen molar-refractivity contribution in [2.24, 2.45) is 5.73 Å². The highest BCUT2D eigenvalue weighted by molar-refractivity contribution is 9.10. The summed E-state index contributed by atoms with van der Waals surface area (Å²) >= 11 is 4.87. The van der Waals surface area contributed by atoms with Crippen molar-refractivity contribution < 1.29 is 4.79 Å². The third kappa shape index (κ3) is 2.45. The third-order valence-electron chi connectivity index (χ3n) is 1.76. The number of amides is 1. The molecule has 1 aromatic heterocycles. The van der Waals surface area contributed by atoms with E-state index in [0.29, 0.717) is 5.13 Å². The lowest BCUT2D eigenvalue weighted by atomic mass is 10.3. The van der Waals surface area contributed by atoms with Crippen LogP contribution < -0.4 is 11.1 Å². The topological polar surface area (TPSA) is 68.0 Å². The van der Waals surface area contributed by atoms with Gasteiger partial charge < -0.3 is 11.1 Å². The van der Waals surface area contributed by atoms with Gasteiger partial charge in [0.2, 0.25) is 5.91 Å². The number of primary amides is 1. The van der Waals surface area contributed by atoms with E-state index >= 15 is 0 Å². The first-order chi connectivity index (χ1) is 7.15. The van der Waals surface area contributed by atoms with Crippen LogP contribution in [0.4, 0.5) is 5.13 Å². The van der Waals surface area contributed by atoms with E-state index in [2.05, 4.69) is 26.2 Å². The molecular weight excluding hydrogens is 278 g/mol. The Hall–Kier alpha value is -1.14. The number of halogens is 1. The van der Waals surface area contributed by atoms with Gasteiger partial charge in [0.1, 0.15) is 0 Å². The van der Waals surface area contributed by atoms with Crippen LogP contribution in [-0.2, 0) is 4.79 Å². The van der Waals surface area contributed by atoms with Crippen LogP contribution in [0.2, 0.25) is 0 Å². The quantitative estimate of drug-likeness (QED) is 0.906. The van der Waals surface area contributed by atoms with Crippen molar-refractivity contribution in [3.05, 3.63) is 22.7 Å². The highest BCUT2D eigenvalue weighted by atomic mass is 79.9. The van der Waals surface area contributed by atoms with Gasteiger partial charge in [-0.2, -0.15) is 0 Å². The van der Waals surface area contributed by atoms with Crippen molar-refractivity contribution in [2.75, 3.05) is 11.9 Å². The van der Waals surface area contributed by atoms with Gasteiger partial charge in [0.05, 0.1) is 16.8 Å². The lowest BCUT2D eigenvalue weighted by molar-refractivity contribution is -0.116. The molecule has 1 aromatic carbocycles. The van der Waals surface area contributed by atoms with E-state index in [4.69, 9.17) is 5.73 Å². The summed E-state index contributed by atoms with van der Waals surface area (Å²) in [5.74, 6) is -0.393. The molecule has 78 valence electrons. The van der Waals surface area contributed by atoms with Gasteiger partial charge in [0.25, 0.3) is 0 Å². The summed E-state index contributed by atoms with van der Waals surface area (Å²) in [7, 11) is 0. The molecular formula is C9H8BrN3OS. The van der Waals surface area contributed by atoms with Crippen molar-refractivity contribution in [1.29, 1.82) is 0 Å². The molecule has 0 bridgehead atoms. The van der Waals surface area contributed by atoms with E-state index in [1.54, 1.807) is 0 Å². The number of hydrogen-bond acceptors (Lipinski definition) is 4. The zero-order chi connectivity index (χ0) is 10.8. The molecule has 0 spiro atoms. The van der Waals surface area contributed by atoms with Crippen LogP contribution >= 0.6 is 27.3 Å². The minimum atomic E-state index is -0.393. The number of benzene rings is 1. The average molecular weight is 286 g/mol. The number of carbonyl (C=O) groups excluding carboxylic acids is 1. The number of thiazole rings is 1. The van der Waals surface area contributed by atoms with E-state index in [9.17, 15) is 4.79 Å². The number of nitrogens with two attached hydrogens (primary N) is 1. The Morgan fingerprint density at radius 2 is 2.40 bits per heavy atom. The fraction of sp³-hybridized carbons (Fsp3) is 0.111. The molecule has 1 amide bonds. The molecule has 0 fully saturated rings. The summed E-state index contributed by atoms with van der Waals surface area (Å²) in [6.07, 6.45) is 0. The number of fused-ring (bicyclic) bond motifs is 1. The SMILES string of the molecule is NC(=O)CNc1nc2cc(Br)ccc2s1. The van der Waals surface area contributed by atoms with Crippen molar-refractivity contribution >= 4 is 48.5 Å². The Morgan fingerprint density at radius 1 is 1.60 bits per heavy atom. The fourth-order valence-electron chi connectivity index (χ4n) is 1.14. The molecule has 0 saturated carbocycles. The monoisotopic (exact) mass is 285 g/mol. The van der Waals surface area contributed by atoms with Crippen molar-refractivity contribution in [3.8, 4) is 0 Å². The Kier molecular flexibility index (Phi) is 2.88. The molecule has 0 saturated heterocycles. The summed E-state index contributed by atoms with van der Waals surface area (Å²) in [4.78, 5) is 14.9. The zero-order valence-corrected chi connectivity index (χ0v) is 10.1. The highest BCUT2D eigenvalue weighted by Gasteiger charge is 2.04. The number of anilines is 1. The molecule has 0 aliphatic heterocycles. The molecule has 0 aliphatic rings. The van der Waals surface area contributed by atoms with Gasteiger partial charge >= 0.3 is 0 Å². The molecule has 6 heteroatoms. The summed E-state index contributed by atoms with van der Waals surface area (Å²) in [6, 6.07) is 5.87. The summed E-state index contributed by atoms with van der Waals surface area (Å²) < 4.78 is 2.06. The molecule has 0 radical (unpaired) electrons. The first-order valence-electron chi connectivity index (χ1n) is 4.23. The Morgan fingerprint density at radius 3 is 3.13 bits per heavy atom. The fourth-order valence-corrected chi connectivity index (χ4v) is 2.33. The first kappa shape index (κ1) is 10.4. The van der Waals surface area contributed by atoms with Crippen molar-refractivity contribution in [1.82, 2.24) is 4.98 Å². The molecule has 3 N–H and O–H groups in total. The van der Waals surface area contributed by atoms with Crippen LogP contribution in [0.1, 0.15) is 0 Å². The van der Waals surface area contributed by atoms with E-state index in [1.807, 2.05) is 18.2 Å². The van der Waals surface area contributed by atoms with Crippen molar-refractivity contribution in [3.63, 3.8) is 0 Å². The van der Waals surface area contributed by atoms with Crippen LogP contribution in [0.15, 0.2) is 22.7 Å². The van der Waals surface area contributed by atoms with Gasteiger partial charge in [-0.05, 0) is 18.2 Å². The van der Waals surface area contributed by atoms with Crippen LogP contribution in [0.5, 0.6) is 0 Å². The summed E-state index contributed by atoms with van der Waals surface area (Å²) in [5, 5.41) is 3.58. The van der Waals surface area contributed by atoms with Gasteiger partial charge in [-0.25, -0.2) is 4.98 Å². The van der Waals surface area contributed by atoms with Gasteiger partial charge in [0.15, 0.2) is 5.13 Å². The van der Waals surface area contributed by atoms with Crippen molar-refractivity contribution in [2.45, 2.75) is 0 Å². The Labute approximate surface area is 98.6 Å². The molecule has 0 aliphatic carbocycles. The van der Waals surface area contributed by atoms with Crippen LogP contribution in [0.25, 0.3) is 10.2 Å². The predicted molar refractivity (Wildman–Crippen MR) is 65.0 cm³/mol. The maximum atomic E-state index is 10.6. The van der Waals surface area contributed by atoms with Crippen LogP contribution in [0, 0.1) is 0 Å². The second kappa shape index (κ2) is 4.16. The smallest absolute Gasteiger partial charge is 0.236 e. The van der Waals surface area contributed by atoms with Gasteiger partial charge in [-0.1, -0.05) is 27.3 Å². The second-order valence-corrected chi connectivity index (χ2v) is 4.90. The number of nitrogens with one attached hydrogen (secondary N) is 1. The Balaban J connectivity index is 2.27. The average Bonchev–Trinajstić information content (AvgIpc) is 2.56. The number of rotatable bonds is 3. The standard InChI is InChI=1S/C9H8BrN3OS/c10-5-1-2-7-6(3-5)13-9(15-7)12-4-8(11)14/h1-3H,4H2,(H2,11,14)(H,12,13). The molecule has 2 aromatic rings. The maximum Gasteiger partial charge on any atom is 0.236 e. The number of nitrogens with zero attached hydrogens (tertiary/aromatic N) is 1. The molecule has 15 heavy (non-hydrogen) atoms. The zero-order valence-electron chi connectivity index (χ0n) is 7.66. The Bertz CT molecular complexity index is 511. The normalized spacial score (nSPS) is 10.5. The molecule has 4 nitrogen and oxygen atoms in total. The number of hydrogen-bond donors (Lipinski definition) is 2. The minimum Gasteiger partial charge on any atom is -0.368 e. The predicted octanol–water partition coefficient (Wildman–Crippen LogP) is 1.96. The summed E-state index contributed by atoms with van der Waals surface area (Å²) in [5.41, 5.74) is 5.93. The third-order valence-corrected chi connectivity index (χ3v) is 3.25.